The molecule has 3 rings (SSSR count). The molecule has 1 saturated heterocycles. The standard InChI is InChI=1S/C13H15N3/c1-2-4-11-8-15-13(7-10(11)3-1)16-12-5-6-14-9-12/h1-4,7-8,12,14H,5-6,9H2,(H,15,16)/t12-/m1/s1. The average molecular weight is 213 g/mol. The second kappa shape index (κ2) is 4.10. The first-order valence-electron chi connectivity index (χ1n) is 5.74. The second-order valence-corrected chi connectivity index (χ2v) is 4.25. The zero-order valence-corrected chi connectivity index (χ0v) is 9.11. The molecule has 0 saturated carbocycles. The molecule has 82 valence electrons. The lowest BCUT2D eigenvalue weighted by Crippen LogP contribution is -2.22. The maximum absolute atomic E-state index is 4.43. The van der Waals surface area contributed by atoms with Gasteiger partial charge < -0.3 is 10.6 Å². The second-order valence-electron chi connectivity index (χ2n) is 4.25. The van der Waals surface area contributed by atoms with E-state index in [1.165, 1.54) is 17.2 Å². The first-order chi connectivity index (χ1) is 7.92. The number of rotatable bonds is 2. The van der Waals surface area contributed by atoms with Crippen molar-refractivity contribution < 1.29 is 0 Å². The van der Waals surface area contributed by atoms with Gasteiger partial charge in [-0.05, 0) is 24.4 Å². The predicted molar refractivity (Wildman–Crippen MR) is 66.6 cm³/mol. The molecule has 2 aromatic rings. The van der Waals surface area contributed by atoms with Crippen LogP contribution in [0.15, 0.2) is 36.5 Å². The van der Waals surface area contributed by atoms with E-state index in [1.54, 1.807) is 0 Å². The maximum Gasteiger partial charge on any atom is 0.126 e. The third-order valence-electron chi connectivity index (χ3n) is 3.04. The summed E-state index contributed by atoms with van der Waals surface area (Å²) in [6.07, 6.45) is 3.11. The van der Waals surface area contributed by atoms with E-state index in [0.29, 0.717) is 6.04 Å². The van der Waals surface area contributed by atoms with Crippen LogP contribution in [0.1, 0.15) is 6.42 Å². The third kappa shape index (κ3) is 1.86. The van der Waals surface area contributed by atoms with Crippen LogP contribution in [0.5, 0.6) is 0 Å². The quantitative estimate of drug-likeness (QED) is 0.801. The Labute approximate surface area is 94.9 Å². The van der Waals surface area contributed by atoms with Gasteiger partial charge in [-0.3, -0.25) is 0 Å². The van der Waals surface area contributed by atoms with E-state index < -0.39 is 0 Å². The SMILES string of the molecule is c1ccc2cc(N[C@@H]3CCNC3)ncc2c1. The van der Waals surface area contributed by atoms with Gasteiger partial charge in [0.05, 0.1) is 0 Å². The monoisotopic (exact) mass is 213 g/mol. The molecule has 1 aliphatic heterocycles. The van der Waals surface area contributed by atoms with E-state index in [1.807, 2.05) is 12.3 Å². The van der Waals surface area contributed by atoms with Crippen molar-refractivity contribution in [3.8, 4) is 0 Å². The molecule has 0 amide bonds. The lowest BCUT2D eigenvalue weighted by molar-refractivity contribution is 0.788. The Morgan fingerprint density at radius 2 is 2.12 bits per heavy atom. The molecule has 1 aromatic heterocycles. The summed E-state index contributed by atoms with van der Waals surface area (Å²) in [5, 5.41) is 9.23. The van der Waals surface area contributed by atoms with E-state index in [2.05, 4.69) is 39.9 Å². The van der Waals surface area contributed by atoms with Crippen molar-refractivity contribution in [2.24, 2.45) is 0 Å². The molecular formula is C13H15N3. The topological polar surface area (TPSA) is 37.0 Å². The van der Waals surface area contributed by atoms with Gasteiger partial charge in [0.1, 0.15) is 5.82 Å². The third-order valence-corrected chi connectivity index (χ3v) is 3.04. The van der Waals surface area contributed by atoms with Crippen LogP contribution in [0, 0.1) is 0 Å². The summed E-state index contributed by atoms with van der Waals surface area (Å²) in [5.41, 5.74) is 0. The van der Waals surface area contributed by atoms with Crippen LogP contribution in [-0.4, -0.2) is 24.1 Å². The smallest absolute Gasteiger partial charge is 0.126 e. The zero-order valence-electron chi connectivity index (χ0n) is 9.11. The summed E-state index contributed by atoms with van der Waals surface area (Å²) in [5.74, 6) is 0.979. The van der Waals surface area contributed by atoms with E-state index in [0.717, 1.165) is 18.9 Å². The summed E-state index contributed by atoms with van der Waals surface area (Å²) in [4.78, 5) is 4.43. The largest absolute Gasteiger partial charge is 0.366 e. The van der Waals surface area contributed by atoms with Crippen molar-refractivity contribution in [1.82, 2.24) is 10.3 Å². The number of fused-ring (bicyclic) bond motifs is 1. The van der Waals surface area contributed by atoms with Gasteiger partial charge >= 0.3 is 0 Å². The molecule has 2 heterocycles. The first-order valence-corrected chi connectivity index (χ1v) is 5.74. The molecule has 0 radical (unpaired) electrons. The molecule has 1 aliphatic rings. The fraction of sp³-hybridized carbons (Fsp3) is 0.308. The van der Waals surface area contributed by atoms with Gasteiger partial charge in [-0.2, -0.15) is 0 Å². The molecule has 3 heteroatoms. The molecule has 1 aromatic carbocycles. The van der Waals surface area contributed by atoms with Gasteiger partial charge in [-0.15, -0.1) is 0 Å². The van der Waals surface area contributed by atoms with Crippen LogP contribution in [0.25, 0.3) is 10.8 Å². The van der Waals surface area contributed by atoms with Crippen LogP contribution in [0.3, 0.4) is 0 Å². The van der Waals surface area contributed by atoms with Crippen molar-refractivity contribution in [3.05, 3.63) is 36.5 Å². The van der Waals surface area contributed by atoms with E-state index in [9.17, 15) is 0 Å². The normalized spacial score (nSPS) is 20.1. The Morgan fingerprint density at radius 1 is 1.25 bits per heavy atom. The molecule has 0 aliphatic carbocycles. The number of anilines is 1. The van der Waals surface area contributed by atoms with Crippen LogP contribution in [0.4, 0.5) is 5.82 Å². The van der Waals surface area contributed by atoms with Gasteiger partial charge in [-0.25, -0.2) is 4.98 Å². The molecular weight excluding hydrogens is 198 g/mol. The number of hydrogen-bond acceptors (Lipinski definition) is 3. The van der Waals surface area contributed by atoms with E-state index in [4.69, 9.17) is 0 Å². The summed E-state index contributed by atoms with van der Waals surface area (Å²) < 4.78 is 0. The molecule has 16 heavy (non-hydrogen) atoms. The van der Waals surface area contributed by atoms with E-state index in [-0.39, 0.29) is 0 Å². The Hall–Kier alpha value is -1.61. The van der Waals surface area contributed by atoms with Gasteiger partial charge in [0.25, 0.3) is 0 Å². The van der Waals surface area contributed by atoms with Gasteiger partial charge in [0, 0.05) is 24.2 Å². The summed E-state index contributed by atoms with van der Waals surface area (Å²) in [6.45, 7) is 2.14. The van der Waals surface area contributed by atoms with Gasteiger partial charge in [-0.1, -0.05) is 24.3 Å². The number of pyridine rings is 1. The zero-order chi connectivity index (χ0) is 10.8. The predicted octanol–water partition coefficient (Wildman–Crippen LogP) is 2.01. The maximum atomic E-state index is 4.43. The van der Waals surface area contributed by atoms with E-state index >= 15 is 0 Å². The molecule has 0 unspecified atom stereocenters. The van der Waals surface area contributed by atoms with Crippen molar-refractivity contribution in [2.45, 2.75) is 12.5 Å². The van der Waals surface area contributed by atoms with Crippen LogP contribution in [-0.2, 0) is 0 Å². The van der Waals surface area contributed by atoms with Gasteiger partial charge in [0.15, 0.2) is 0 Å². The average Bonchev–Trinajstić information content (AvgIpc) is 2.82. The Morgan fingerprint density at radius 3 is 2.94 bits per heavy atom. The molecule has 2 N–H and O–H groups in total. The molecule has 0 bridgehead atoms. The highest BCUT2D eigenvalue weighted by molar-refractivity contribution is 5.83. The van der Waals surface area contributed by atoms with Crippen molar-refractivity contribution in [3.63, 3.8) is 0 Å². The lowest BCUT2D eigenvalue weighted by Gasteiger charge is -2.12. The number of hydrogen-bond donors (Lipinski definition) is 2. The fourth-order valence-corrected chi connectivity index (χ4v) is 2.15. The molecule has 3 nitrogen and oxygen atoms in total. The highest BCUT2D eigenvalue weighted by atomic mass is 15.1. The summed E-state index contributed by atoms with van der Waals surface area (Å²) in [6, 6.07) is 10.9. The lowest BCUT2D eigenvalue weighted by atomic mass is 10.2. The first kappa shape index (κ1) is 9.60. The highest BCUT2D eigenvalue weighted by Crippen LogP contribution is 2.17. The van der Waals surface area contributed by atoms with Crippen molar-refractivity contribution in [1.29, 1.82) is 0 Å². The minimum absolute atomic E-state index is 0.522. The summed E-state index contributed by atoms with van der Waals surface area (Å²) >= 11 is 0. The van der Waals surface area contributed by atoms with Crippen molar-refractivity contribution in [2.75, 3.05) is 18.4 Å². The van der Waals surface area contributed by atoms with Crippen LogP contribution in [0.2, 0.25) is 0 Å². The molecule has 0 spiro atoms. The van der Waals surface area contributed by atoms with Crippen LogP contribution >= 0.6 is 0 Å². The van der Waals surface area contributed by atoms with Crippen molar-refractivity contribution >= 4 is 16.6 Å². The number of benzene rings is 1. The minimum Gasteiger partial charge on any atom is -0.366 e. The Kier molecular flexibility index (Phi) is 2.46. The number of aromatic nitrogens is 1. The Bertz CT molecular complexity index is 489. The number of nitrogens with zero attached hydrogens (tertiary/aromatic N) is 1. The molecule has 1 fully saturated rings. The number of nitrogens with one attached hydrogen (secondary N) is 2. The summed E-state index contributed by atoms with van der Waals surface area (Å²) in [7, 11) is 0. The highest BCUT2D eigenvalue weighted by Gasteiger charge is 2.14. The minimum atomic E-state index is 0.522. The Balaban J connectivity index is 1.86. The molecule has 1 atom stereocenters. The van der Waals surface area contributed by atoms with Crippen LogP contribution < -0.4 is 10.6 Å². The fourth-order valence-electron chi connectivity index (χ4n) is 2.15. The van der Waals surface area contributed by atoms with Gasteiger partial charge in [0.2, 0.25) is 0 Å².